The van der Waals surface area contributed by atoms with E-state index in [4.69, 9.17) is 0 Å². The van der Waals surface area contributed by atoms with Crippen molar-refractivity contribution in [1.29, 1.82) is 0 Å². The van der Waals surface area contributed by atoms with E-state index in [1.807, 2.05) is 6.92 Å². The molecule has 0 fully saturated rings. The molecule has 0 bridgehead atoms. The highest BCUT2D eigenvalue weighted by molar-refractivity contribution is 6.04. The molecule has 2 rings (SSSR count). The van der Waals surface area contributed by atoms with Crippen LogP contribution < -0.4 is 0 Å². The summed E-state index contributed by atoms with van der Waals surface area (Å²) in [6.45, 7) is 2.05. The van der Waals surface area contributed by atoms with E-state index in [0.717, 1.165) is 12.1 Å². The van der Waals surface area contributed by atoms with Crippen LogP contribution >= 0.6 is 0 Å². The predicted molar refractivity (Wildman–Crippen MR) is 77.0 cm³/mol. The topological polar surface area (TPSA) is 32.7 Å². The van der Waals surface area contributed by atoms with Crippen molar-refractivity contribution in [3.8, 4) is 11.8 Å². The lowest BCUT2D eigenvalue weighted by atomic mass is 10.0. The van der Waals surface area contributed by atoms with Gasteiger partial charge in [0, 0.05) is 19.3 Å². The molecule has 116 valence electrons. The lowest BCUT2D eigenvalue weighted by molar-refractivity contribution is -0.137. The molecule has 1 aromatic rings. The van der Waals surface area contributed by atoms with Crippen LogP contribution in [0.15, 0.2) is 29.4 Å². The molecule has 0 spiro atoms. The average molecular weight is 308 g/mol. The highest BCUT2D eigenvalue weighted by Crippen LogP contribution is 2.30. The average Bonchev–Trinajstić information content (AvgIpc) is 2.49. The first-order chi connectivity index (χ1) is 10.4. The van der Waals surface area contributed by atoms with Gasteiger partial charge in [-0.3, -0.25) is 4.79 Å². The van der Waals surface area contributed by atoms with E-state index in [-0.39, 0.29) is 18.9 Å². The number of hydrazone groups is 1. The number of nitrogens with zero attached hydrogens (tertiary/aromatic N) is 2. The zero-order valence-electron chi connectivity index (χ0n) is 12.1. The van der Waals surface area contributed by atoms with E-state index >= 15 is 0 Å². The number of hydrogen-bond acceptors (Lipinski definition) is 2. The summed E-state index contributed by atoms with van der Waals surface area (Å²) in [5.41, 5.74) is 0.140. The van der Waals surface area contributed by atoms with Crippen LogP contribution in [-0.2, 0) is 11.0 Å². The van der Waals surface area contributed by atoms with Gasteiger partial charge in [-0.2, -0.15) is 18.3 Å². The lowest BCUT2D eigenvalue weighted by Crippen LogP contribution is -2.32. The van der Waals surface area contributed by atoms with Crippen LogP contribution in [-0.4, -0.2) is 23.2 Å². The normalized spacial score (nSPS) is 15.2. The molecule has 0 atom stereocenters. The zero-order chi connectivity index (χ0) is 16.2. The van der Waals surface area contributed by atoms with Crippen molar-refractivity contribution in [2.24, 2.45) is 5.10 Å². The van der Waals surface area contributed by atoms with Crippen molar-refractivity contribution in [3.63, 3.8) is 0 Å². The van der Waals surface area contributed by atoms with E-state index < -0.39 is 11.7 Å². The van der Waals surface area contributed by atoms with E-state index in [2.05, 4.69) is 16.9 Å². The van der Waals surface area contributed by atoms with Gasteiger partial charge in [-0.05, 0) is 17.7 Å². The first-order valence-corrected chi connectivity index (χ1v) is 6.93. The molecular weight excluding hydrogens is 293 g/mol. The maximum Gasteiger partial charge on any atom is 0.416 e. The number of carbonyl (C=O) groups excluding carboxylic acids is 1. The lowest BCUT2D eigenvalue weighted by Gasteiger charge is -2.22. The van der Waals surface area contributed by atoms with Gasteiger partial charge in [0.05, 0.1) is 11.3 Å². The van der Waals surface area contributed by atoms with Gasteiger partial charge in [0.2, 0.25) is 5.91 Å². The first-order valence-electron chi connectivity index (χ1n) is 6.93. The molecule has 0 unspecified atom stereocenters. The quantitative estimate of drug-likeness (QED) is 0.770. The standard InChI is InChI=1S/C16H15F3N2O/c1-2-3-4-10-21-15(22)9-8-14(20-21)12-6-5-7-13(11-12)16(17,18)19/h5-7,11H,2,8-10H2,1H3. The molecule has 3 nitrogen and oxygen atoms in total. The Morgan fingerprint density at radius 1 is 1.27 bits per heavy atom. The summed E-state index contributed by atoms with van der Waals surface area (Å²) >= 11 is 0. The summed E-state index contributed by atoms with van der Waals surface area (Å²) in [5.74, 6) is 5.48. The van der Waals surface area contributed by atoms with E-state index in [0.29, 0.717) is 24.1 Å². The molecule has 0 saturated heterocycles. The molecule has 1 aliphatic heterocycles. The van der Waals surface area contributed by atoms with Crippen LogP contribution in [0.5, 0.6) is 0 Å². The summed E-state index contributed by atoms with van der Waals surface area (Å²) in [5, 5.41) is 5.38. The molecule has 0 saturated carbocycles. The molecule has 1 aliphatic rings. The summed E-state index contributed by atoms with van der Waals surface area (Å²) < 4.78 is 38.3. The molecule has 6 heteroatoms. The van der Waals surface area contributed by atoms with Crippen LogP contribution in [0.25, 0.3) is 0 Å². The highest BCUT2D eigenvalue weighted by Gasteiger charge is 2.31. The van der Waals surface area contributed by atoms with Gasteiger partial charge in [0.15, 0.2) is 0 Å². The number of benzene rings is 1. The first kappa shape index (κ1) is 16.1. The second-order valence-corrected chi connectivity index (χ2v) is 4.78. The molecule has 0 radical (unpaired) electrons. The third-order valence-corrected chi connectivity index (χ3v) is 3.16. The maximum absolute atomic E-state index is 12.8. The minimum Gasteiger partial charge on any atom is -0.273 e. The third kappa shape index (κ3) is 3.88. The van der Waals surface area contributed by atoms with Gasteiger partial charge in [0.25, 0.3) is 0 Å². The van der Waals surface area contributed by atoms with Gasteiger partial charge in [-0.15, -0.1) is 5.92 Å². The molecule has 1 heterocycles. The largest absolute Gasteiger partial charge is 0.416 e. The smallest absolute Gasteiger partial charge is 0.273 e. The minimum absolute atomic E-state index is 0.162. The van der Waals surface area contributed by atoms with E-state index in [1.54, 1.807) is 6.07 Å². The fourth-order valence-electron chi connectivity index (χ4n) is 2.06. The monoisotopic (exact) mass is 308 g/mol. The Balaban J connectivity index is 2.27. The van der Waals surface area contributed by atoms with Crippen LogP contribution in [0.4, 0.5) is 13.2 Å². The molecule has 1 aromatic carbocycles. The Morgan fingerprint density at radius 3 is 2.73 bits per heavy atom. The molecule has 0 aliphatic carbocycles. The Kier molecular flexibility index (Phi) is 4.86. The van der Waals surface area contributed by atoms with E-state index in [9.17, 15) is 18.0 Å². The fourth-order valence-corrected chi connectivity index (χ4v) is 2.06. The second-order valence-electron chi connectivity index (χ2n) is 4.78. The Labute approximate surface area is 126 Å². The summed E-state index contributed by atoms with van der Waals surface area (Å²) in [7, 11) is 0. The number of amides is 1. The van der Waals surface area contributed by atoms with Gasteiger partial charge < -0.3 is 0 Å². The SMILES string of the molecule is CCC#CCN1N=C(c2cccc(C(F)(F)F)c2)CCC1=O. The number of rotatable bonds is 2. The number of hydrogen-bond donors (Lipinski definition) is 0. The van der Waals surface area contributed by atoms with Crippen LogP contribution in [0.1, 0.15) is 37.3 Å². The molecule has 22 heavy (non-hydrogen) atoms. The van der Waals surface area contributed by atoms with E-state index in [1.165, 1.54) is 11.1 Å². The van der Waals surface area contributed by atoms with Crippen molar-refractivity contribution in [1.82, 2.24) is 5.01 Å². The summed E-state index contributed by atoms with van der Waals surface area (Å²) in [6, 6.07) is 4.99. The highest BCUT2D eigenvalue weighted by atomic mass is 19.4. The van der Waals surface area contributed by atoms with Gasteiger partial charge >= 0.3 is 6.18 Å². The predicted octanol–water partition coefficient (Wildman–Crippen LogP) is 3.45. The second kappa shape index (κ2) is 6.65. The van der Waals surface area contributed by atoms with Gasteiger partial charge in [-0.25, -0.2) is 5.01 Å². The maximum atomic E-state index is 12.8. The van der Waals surface area contributed by atoms with Crippen LogP contribution in [0.3, 0.4) is 0 Å². The molecule has 0 aromatic heterocycles. The molecular formula is C16H15F3N2O. The van der Waals surface area contributed by atoms with Crippen molar-refractivity contribution in [3.05, 3.63) is 35.4 Å². The fraction of sp³-hybridized carbons (Fsp3) is 0.375. The summed E-state index contributed by atoms with van der Waals surface area (Å²) in [6.07, 6.45) is -3.17. The van der Waals surface area contributed by atoms with Crippen LogP contribution in [0, 0.1) is 11.8 Å². The van der Waals surface area contributed by atoms with Gasteiger partial charge in [0.1, 0.15) is 6.54 Å². The van der Waals surface area contributed by atoms with Crippen LogP contribution in [0.2, 0.25) is 0 Å². The zero-order valence-corrected chi connectivity index (χ0v) is 12.1. The molecule has 0 N–H and O–H groups in total. The molecule has 1 amide bonds. The van der Waals surface area contributed by atoms with Crippen molar-refractivity contribution < 1.29 is 18.0 Å². The Morgan fingerprint density at radius 2 is 2.05 bits per heavy atom. The van der Waals surface area contributed by atoms with Crippen molar-refractivity contribution in [2.75, 3.05) is 6.54 Å². The Hall–Kier alpha value is -2.29. The Bertz CT molecular complexity index is 653. The minimum atomic E-state index is -4.40. The third-order valence-electron chi connectivity index (χ3n) is 3.16. The summed E-state index contributed by atoms with van der Waals surface area (Å²) in [4.78, 5) is 11.8. The number of halogens is 3. The number of alkyl halides is 3. The van der Waals surface area contributed by atoms with Gasteiger partial charge in [-0.1, -0.05) is 25.0 Å². The van der Waals surface area contributed by atoms with Crippen molar-refractivity contribution >= 4 is 11.6 Å². The number of carbonyl (C=O) groups is 1. The van der Waals surface area contributed by atoms with Crippen molar-refractivity contribution in [2.45, 2.75) is 32.4 Å².